The number of likely N-dealkylation sites (tertiary alicyclic amines) is 2. The molecule has 1 aromatic rings. The molecule has 0 N–H and O–H groups in total. The molecule has 0 radical (unpaired) electrons. The van der Waals surface area contributed by atoms with Gasteiger partial charge in [-0.1, -0.05) is 0 Å². The van der Waals surface area contributed by atoms with Crippen LogP contribution in [-0.2, 0) is 0 Å². The third-order valence-corrected chi connectivity index (χ3v) is 6.29. The van der Waals surface area contributed by atoms with E-state index < -0.39 is 0 Å². The summed E-state index contributed by atoms with van der Waals surface area (Å²) in [4.78, 5) is 20.4. The number of aromatic nitrogens is 1. The van der Waals surface area contributed by atoms with Crippen LogP contribution in [-0.4, -0.2) is 63.6 Å². The Bertz CT molecular complexity index is 542. The number of amides is 2. The van der Waals surface area contributed by atoms with Crippen molar-refractivity contribution in [3.8, 4) is 5.75 Å². The van der Waals surface area contributed by atoms with Crippen LogP contribution in [0.4, 0.5) is 4.79 Å². The summed E-state index contributed by atoms with van der Waals surface area (Å²) < 4.78 is 6.23. The number of urea groups is 1. The average molecular weight is 319 g/mol. The lowest BCUT2D eigenvalue weighted by atomic mass is 9.93. The fraction of sp³-hybridized carbons (Fsp3) is 0.625. The highest BCUT2D eigenvalue weighted by Crippen LogP contribution is 2.46. The lowest BCUT2D eigenvalue weighted by molar-refractivity contribution is 0.0949. The SMILES string of the molecule is O=C(N1CCCC1)N1CC2(C[C@H](Oc3cccnc3)CS2)C1. The summed E-state index contributed by atoms with van der Waals surface area (Å²) in [6, 6.07) is 4.08. The number of hydrogen-bond acceptors (Lipinski definition) is 4. The molecule has 0 aliphatic carbocycles. The minimum Gasteiger partial charge on any atom is -0.488 e. The Hall–Kier alpha value is -1.43. The van der Waals surface area contributed by atoms with Crippen molar-refractivity contribution in [1.82, 2.24) is 14.8 Å². The molecule has 3 aliphatic rings. The first-order valence-electron chi connectivity index (χ1n) is 7.99. The first-order chi connectivity index (χ1) is 10.7. The minimum absolute atomic E-state index is 0.224. The van der Waals surface area contributed by atoms with Crippen molar-refractivity contribution in [3.63, 3.8) is 0 Å². The maximum absolute atomic E-state index is 12.3. The van der Waals surface area contributed by atoms with Crippen molar-refractivity contribution >= 4 is 17.8 Å². The third-order valence-electron chi connectivity index (χ3n) is 4.72. The predicted molar refractivity (Wildman–Crippen MR) is 86.2 cm³/mol. The Morgan fingerprint density at radius 3 is 2.86 bits per heavy atom. The molecule has 1 atom stereocenters. The maximum Gasteiger partial charge on any atom is 0.320 e. The van der Waals surface area contributed by atoms with Gasteiger partial charge in [-0.05, 0) is 25.0 Å². The van der Waals surface area contributed by atoms with Crippen LogP contribution in [0.15, 0.2) is 24.5 Å². The van der Waals surface area contributed by atoms with Gasteiger partial charge in [-0.2, -0.15) is 0 Å². The summed E-state index contributed by atoms with van der Waals surface area (Å²) in [6.07, 6.45) is 7.08. The Kier molecular flexibility index (Phi) is 3.64. The number of thioether (sulfide) groups is 1. The summed E-state index contributed by atoms with van der Waals surface area (Å²) in [5.74, 6) is 1.84. The number of nitrogens with zero attached hydrogens (tertiary/aromatic N) is 3. The topological polar surface area (TPSA) is 45.7 Å². The van der Waals surface area contributed by atoms with Crippen LogP contribution in [0, 0.1) is 0 Å². The standard InChI is InChI=1S/C16H21N3O2S/c20-15(18-6-1-2-7-18)19-11-16(12-19)8-14(10-22-16)21-13-4-3-5-17-9-13/h3-5,9,14H,1-2,6-8,10-12H2/t14-/m0/s1. The maximum atomic E-state index is 12.3. The molecule has 0 aromatic carbocycles. The first kappa shape index (κ1) is 14.2. The molecule has 2 amide bonds. The molecule has 4 heterocycles. The molecule has 3 saturated heterocycles. The van der Waals surface area contributed by atoms with Gasteiger partial charge in [0.1, 0.15) is 11.9 Å². The van der Waals surface area contributed by atoms with E-state index in [2.05, 4.69) is 4.98 Å². The Morgan fingerprint density at radius 1 is 1.32 bits per heavy atom. The summed E-state index contributed by atoms with van der Waals surface area (Å²) in [5.41, 5.74) is 0. The summed E-state index contributed by atoms with van der Waals surface area (Å²) in [6.45, 7) is 3.62. The molecule has 6 heteroatoms. The smallest absolute Gasteiger partial charge is 0.320 e. The Labute approximate surface area is 135 Å². The van der Waals surface area contributed by atoms with E-state index in [0.717, 1.165) is 56.9 Å². The van der Waals surface area contributed by atoms with E-state index >= 15 is 0 Å². The van der Waals surface area contributed by atoms with Gasteiger partial charge in [0.2, 0.25) is 0 Å². The highest BCUT2D eigenvalue weighted by molar-refractivity contribution is 8.01. The van der Waals surface area contributed by atoms with Crippen LogP contribution in [0.25, 0.3) is 0 Å². The largest absolute Gasteiger partial charge is 0.488 e. The van der Waals surface area contributed by atoms with Gasteiger partial charge in [0.25, 0.3) is 0 Å². The van der Waals surface area contributed by atoms with Gasteiger partial charge in [-0.25, -0.2) is 4.79 Å². The number of pyridine rings is 1. The summed E-state index contributed by atoms with van der Waals surface area (Å²) in [5, 5.41) is 0. The fourth-order valence-electron chi connectivity index (χ4n) is 3.60. The van der Waals surface area contributed by atoms with E-state index in [-0.39, 0.29) is 16.9 Å². The van der Waals surface area contributed by atoms with Gasteiger partial charge >= 0.3 is 6.03 Å². The van der Waals surface area contributed by atoms with Crippen molar-refractivity contribution in [3.05, 3.63) is 24.5 Å². The van der Waals surface area contributed by atoms with Gasteiger partial charge in [0, 0.05) is 44.5 Å². The van der Waals surface area contributed by atoms with Crippen molar-refractivity contribution < 1.29 is 9.53 Å². The zero-order valence-corrected chi connectivity index (χ0v) is 13.4. The van der Waals surface area contributed by atoms with Crippen LogP contribution in [0.1, 0.15) is 19.3 Å². The molecule has 5 nitrogen and oxygen atoms in total. The Balaban J connectivity index is 1.29. The molecule has 0 bridgehead atoms. The van der Waals surface area contributed by atoms with Crippen molar-refractivity contribution in [2.45, 2.75) is 30.1 Å². The second-order valence-corrected chi connectivity index (χ2v) is 7.95. The lowest BCUT2D eigenvalue weighted by Crippen LogP contribution is -2.63. The van der Waals surface area contributed by atoms with Crippen LogP contribution < -0.4 is 4.74 Å². The fourth-order valence-corrected chi connectivity index (χ4v) is 5.12. The molecule has 1 spiro atoms. The van der Waals surface area contributed by atoms with Crippen LogP contribution in [0.5, 0.6) is 5.75 Å². The monoisotopic (exact) mass is 319 g/mol. The predicted octanol–water partition coefficient (Wildman–Crippen LogP) is 2.24. The van der Waals surface area contributed by atoms with E-state index in [9.17, 15) is 4.79 Å². The molecule has 0 saturated carbocycles. The average Bonchev–Trinajstić information content (AvgIpc) is 3.16. The highest BCUT2D eigenvalue weighted by atomic mass is 32.2. The van der Waals surface area contributed by atoms with E-state index in [4.69, 9.17) is 4.74 Å². The molecular formula is C16H21N3O2S. The minimum atomic E-state index is 0.224. The summed E-state index contributed by atoms with van der Waals surface area (Å²) >= 11 is 1.96. The van der Waals surface area contributed by atoms with Crippen LogP contribution >= 0.6 is 11.8 Å². The van der Waals surface area contributed by atoms with E-state index in [0.29, 0.717) is 0 Å². The lowest BCUT2D eigenvalue weighted by Gasteiger charge is -2.48. The number of carbonyl (C=O) groups excluding carboxylic acids is 1. The quantitative estimate of drug-likeness (QED) is 0.839. The normalized spacial score (nSPS) is 26.3. The molecular weight excluding hydrogens is 298 g/mol. The molecule has 1 aromatic heterocycles. The number of ether oxygens (including phenoxy) is 1. The van der Waals surface area contributed by atoms with E-state index in [1.165, 1.54) is 0 Å². The van der Waals surface area contributed by atoms with Crippen LogP contribution in [0.2, 0.25) is 0 Å². The van der Waals surface area contributed by atoms with Crippen LogP contribution in [0.3, 0.4) is 0 Å². The van der Waals surface area contributed by atoms with E-state index in [1.807, 2.05) is 33.7 Å². The summed E-state index contributed by atoms with van der Waals surface area (Å²) in [7, 11) is 0. The molecule has 22 heavy (non-hydrogen) atoms. The number of rotatable bonds is 2. The second kappa shape index (κ2) is 5.65. The van der Waals surface area contributed by atoms with Gasteiger partial charge in [0.05, 0.1) is 10.9 Å². The van der Waals surface area contributed by atoms with Crippen molar-refractivity contribution in [2.24, 2.45) is 0 Å². The molecule has 0 unspecified atom stereocenters. The molecule has 118 valence electrons. The van der Waals surface area contributed by atoms with Crippen molar-refractivity contribution in [2.75, 3.05) is 31.9 Å². The van der Waals surface area contributed by atoms with E-state index in [1.54, 1.807) is 12.4 Å². The molecule has 3 aliphatic heterocycles. The third kappa shape index (κ3) is 2.64. The Morgan fingerprint density at radius 2 is 2.14 bits per heavy atom. The second-order valence-electron chi connectivity index (χ2n) is 6.46. The zero-order valence-electron chi connectivity index (χ0n) is 12.6. The molecule has 3 fully saturated rings. The number of hydrogen-bond donors (Lipinski definition) is 0. The highest BCUT2D eigenvalue weighted by Gasteiger charge is 2.52. The first-order valence-corrected chi connectivity index (χ1v) is 8.97. The van der Waals surface area contributed by atoms with Gasteiger partial charge in [-0.15, -0.1) is 11.8 Å². The van der Waals surface area contributed by atoms with Crippen molar-refractivity contribution in [1.29, 1.82) is 0 Å². The van der Waals surface area contributed by atoms with Gasteiger partial charge < -0.3 is 14.5 Å². The van der Waals surface area contributed by atoms with Gasteiger partial charge in [-0.3, -0.25) is 4.98 Å². The van der Waals surface area contributed by atoms with Gasteiger partial charge in [0.15, 0.2) is 0 Å². The number of carbonyl (C=O) groups is 1. The zero-order chi connectivity index (χ0) is 15.0. The molecule has 4 rings (SSSR count).